The summed E-state index contributed by atoms with van der Waals surface area (Å²) < 4.78 is 0. The Balaban J connectivity index is 2.17. The van der Waals surface area contributed by atoms with E-state index in [2.05, 4.69) is 10.6 Å². The smallest absolute Gasteiger partial charge is 0.293 e. The highest BCUT2D eigenvalue weighted by Crippen LogP contribution is 2.29. The second-order valence-electron chi connectivity index (χ2n) is 4.99. The van der Waals surface area contributed by atoms with E-state index in [-0.39, 0.29) is 11.6 Å². The van der Waals surface area contributed by atoms with Gasteiger partial charge in [0.15, 0.2) is 0 Å². The molecule has 0 bridgehead atoms. The lowest BCUT2D eigenvalue weighted by Gasteiger charge is -2.25. The lowest BCUT2D eigenvalue weighted by Crippen LogP contribution is -2.32. The maximum Gasteiger partial charge on any atom is 0.293 e. The van der Waals surface area contributed by atoms with E-state index in [1.165, 1.54) is 18.6 Å². The molecule has 0 saturated heterocycles. The van der Waals surface area contributed by atoms with Gasteiger partial charge in [-0.3, -0.25) is 14.9 Å². The van der Waals surface area contributed by atoms with Crippen LogP contribution < -0.4 is 10.6 Å². The summed E-state index contributed by atoms with van der Waals surface area (Å²) in [5, 5.41) is 16.8. The van der Waals surface area contributed by atoms with E-state index in [1.807, 2.05) is 6.92 Å². The first kappa shape index (κ1) is 14.3. The Kier molecular flexibility index (Phi) is 4.55. The first-order valence-electron chi connectivity index (χ1n) is 6.93. The first-order valence-corrected chi connectivity index (χ1v) is 6.93. The summed E-state index contributed by atoms with van der Waals surface area (Å²) in [6, 6.07) is 4.55. The number of hydrogen-bond donors (Lipinski definition) is 2. The number of para-hydroxylation sites is 1. The third-order valence-corrected chi connectivity index (χ3v) is 3.61. The third-order valence-electron chi connectivity index (χ3n) is 3.61. The van der Waals surface area contributed by atoms with Crippen LogP contribution >= 0.6 is 0 Å². The highest BCUT2D eigenvalue weighted by molar-refractivity contribution is 6.01. The fraction of sp³-hybridized carbons (Fsp3) is 0.500. The van der Waals surface area contributed by atoms with Gasteiger partial charge >= 0.3 is 0 Å². The standard InChI is InChI=1S/C14H19N3O3/c1-2-15-13-11(7-4-8-12(13)17(19)20)14(18)16-9-10-5-3-6-10/h4,7-8,10,15H,2-3,5-6,9H2,1H3,(H,16,18). The first-order chi connectivity index (χ1) is 9.63. The Morgan fingerprint density at radius 3 is 2.75 bits per heavy atom. The second-order valence-corrected chi connectivity index (χ2v) is 4.99. The van der Waals surface area contributed by atoms with Gasteiger partial charge in [-0.15, -0.1) is 0 Å². The molecule has 0 atom stereocenters. The largest absolute Gasteiger partial charge is 0.379 e. The van der Waals surface area contributed by atoms with Gasteiger partial charge in [0.05, 0.1) is 10.5 Å². The van der Waals surface area contributed by atoms with Crippen LogP contribution in [0.15, 0.2) is 18.2 Å². The van der Waals surface area contributed by atoms with Crippen molar-refractivity contribution in [1.29, 1.82) is 0 Å². The van der Waals surface area contributed by atoms with Crippen molar-refractivity contribution >= 4 is 17.3 Å². The molecule has 0 radical (unpaired) electrons. The topological polar surface area (TPSA) is 84.3 Å². The number of nitrogens with one attached hydrogen (secondary N) is 2. The minimum atomic E-state index is -0.472. The molecule has 1 amide bonds. The molecule has 2 N–H and O–H groups in total. The van der Waals surface area contributed by atoms with Crippen LogP contribution in [0, 0.1) is 16.0 Å². The van der Waals surface area contributed by atoms with Crippen molar-refractivity contribution in [3.8, 4) is 0 Å². The predicted molar refractivity (Wildman–Crippen MR) is 76.9 cm³/mol. The number of hydrogen-bond acceptors (Lipinski definition) is 4. The maximum atomic E-state index is 12.2. The Labute approximate surface area is 117 Å². The van der Waals surface area contributed by atoms with Crippen LogP contribution in [0.2, 0.25) is 0 Å². The lowest BCUT2D eigenvalue weighted by atomic mass is 9.85. The zero-order chi connectivity index (χ0) is 14.5. The molecule has 6 heteroatoms. The molecule has 1 aromatic carbocycles. The van der Waals surface area contributed by atoms with Gasteiger partial charge in [0.1, 0.15) is 5.69 Å². The monoisotopic (exact) mass is 277 g/mol. The number of nitro groups is 1. The highest BCUT2D eigenvalue weighted by Gasteiger charge is 2.23. The minimum Gasteiger partial charge on any atom is -0.379 e. The van der Waals surface area contributed by atoms with Crippen molar-refractivity contribution in [1.82, 2.24) is 5.32 Å². The van der Waals surface area contributed by atoms with Gasteiger partial charge in [-0.2, -0.15) is 0 Å². The zero-order valence-electron chi connectivity index (χ0n) is 11.5. The second kappa shape index (κ2) is 6.36. The Hall–Kier alpha value is -2.11. The van der Waals surface area contributed by atoms with Crippen LogP contribution in [0.4, 0.5) is 11.4 Å². The van der Waals surface area contributed by atoms with E-state index in [0.717, 1.165) is 12.8 Å². The van der Waals surface area contributed by atoms with E-state index in [1.54, 1.807) is 6.07 Å². The molecule has 0 spiro atoms. The molecule has 0 heterocycles. The summed E-state index contributed by atoms with van der Waals surface area (Å²) in [6.07, 6.45) is 3.52. The lowest BCUT2D eigenvalue weighted by molar-refractivity contribution is -0.384. The number of nitrogens with zero attached hydrogens (tertiary/aromatic N) is 1. The van der Waals surface area contributed by atoms with E-state index in [9.17, 15) is 14.9 Å². The summed E-state index contributed by atoms with van der Waals surface area (Å²) in [5.41, 5.74) is 0.564. The molecule has 1 aliphatic rings. The van der Waals surface area contributed by atoms with Crippen molar-refractivity contribution in [2.75, 3.05) is 18.4 Å². The van der Waals surface area contributed by atoms with Crippen LogP contribution in [0.5, 0.6) is 0 Å². The maximum absolute atomic E-state index is 12.2. The van der Waals surface area contributed by atoms with E-state index < -0.39 is 4.92 Å². The number of carbonyl (C=O) groups is 1. The molecule has 1 aromatic rings. The number of nitro benzene ring substituents is 1. The van der Waals surface area contributed by atoms with Crippen LogP contribution in [-0.4, -0.2) is 23.9 Å². The van der Waals surface area contributed by atoms with Crippen molar-refractivity contribution in [3.05, 3.63) is 33.9 Å². The van der Waals surface area contributed by atoms with E-state index in [0.29, 0.717) is 30.3 Å². The van der Waals surface area contributed by atoms with Gasteiger partial charge in [0.25, 0.3) is 11.6 Å². The highest BCUT2D eigenvalue weighted by atomic mass is 16.6. The van der Waals surface area contributed by atoms with E-state index in [4.69, 9.17) is 0 Å². The predicted octanol–water partition coefficient (Wildman–Crippen LogP) is 2.56. The summed E-state index contributed by atoms with van der Waals surface area (Å²) in [6.45, 7) is 3.01. The summed E-state index contributed by atoms with van der Waals surface area (Å²) in [5.74, 6) is 0.303. The number of benzene rings is 1. The average Bonchev–Trinajstić information content (AvgIpc) is 2.37. The van der Waals surface area contributed by atoms with Crippen LogP contribution in [0.1, 0.15) is 36.5 Å². The molecule has 2 rings (SSSR count). The Morgan fingerprint density at radius 1 is 1.45 bits per heavy atom. The van der Waals surface area contributed by atoms with Gasteiger partial charge in [0, 0.05) is 19.2 Å². The van der Waals surface area contributed by atoms with Crippen molar-refractivity contribution in [3.63, 3.8) is 0 Å². The molecule has 1 saturated carbocycles. The molecule has 1 aliphatic carbocycles. The molecule has 1 fully saturated rings. The van der Waals surface area contributed by atoms with Gasteiger partial charge in [-0.05, 0) is 31.7 Å². The minimum absolute atomic E-state index is 0.0665. The SMILES string of the molecule is CCNc1c(C(=O)NCC2CCC2)cccc1[N+](=O)[O-]. The molecule has 0 aliphatic heterocycles. The van der Waals surface area contributed by atoms with Crippen LogP contribution in [0.25, 0.3) is 0 Å². The normalized spacial score (nSPS) is 14.4. The van der Waals surface area contributed by atoms with Gasteiger partial charge in [0.2, 0.25) is 0 Å². The number of carbonyl (C=O) groups excluding carboxylic acids is 1. The fourth-order valence-electron chi connectivity index (χ4n) is 2.27. The quantitative estimate of drug-likeness (QED) is 0.618. The number of amides is 1. The number of anilines is 1. The van der Waals surface area contributed by atoms with Crippen molar-refractivity contribution in [2.45, 2.75) is 26.2 Å². The fourth-order valence-corrected chi connectivity index (χ4v) is 2.27. The number of rotatable bonds is 6. The summed E-state index contributed by atoms with van der Waals surface area (Å²) in [7, 11) is 0. The van der Waals surface area contributed by atoms with E-state index >= 15 is 0 Å². The summed E-state index contributed by atoms with van der Waals surface area (Å²) in [4.78, 5) is 22.7. The Morgan fingerprint density at radius 2 is 2.20 bits per heavy atom. The zero-order valence-corrected chi connectivity index (χ0v) is 11.5. The molecular weight excluding hydrogens is 258 g/mol. The van der Waals surface area contributed by atoms with Gasteiger partial charge in [-0.1, -0.05) is 12.5 Å². The van der Waals surface area contributed by atoms with Crippen LogP contribution in [-0.2, 0) is 0 Å². The average molecular weight is 277 g/mol. The van der Waals surface area contributed by atoms with Gasteiger partial charge < -0.3 is 10.6 Å². The van der Waals surface area contributed by atoms with Crippen molar-refractivity contribution in [2.24, 2.45) is 5.92 Å². The molecule has 0 unspecified atom stereocenters. The summed E-state index contributed by atoms with van der Waals surface area (Å²) >= 11 is 0. The van der Waals surface area contributed by atoms with Crippen molar-refractivity contribution < 1.29 is 9.72 Å². The third kappa shape index (κ3) is 3.07. The molecular formula is C14H19N3O3. The molecule has 6 nitrogen and oxygen atoms in total. The Bertz CT molecular complexity index is 512. The van der Waals surface area contributed by atoms with Gasteiger partial charge in [-0.25, -0.2) is 0 Å². The molecule has 108 valence electrons. The molecule has 20 heavy (non-hydrogen) atoms. The molecule has 0 aromatic heterocycles. The van der Waals surface area contributed by atoms with Crippen LogP contribution in [0.3, 0.4) is 0 Å².